The molecule has 0 spiro atoms. The molecule has 5 nitrogen and oxygen atoms in total. The zero-order valence-corrected chi connectivity index (χ0v) is 10.9. The van der Waals surface area contributed by atoms with Crippen LogP contribution in [0, 0.1) is 6.92 Å². The molecule has 1 aromatic carbocycles. The van der Waals surface area contributed by atoms with Crippen LogP contribution in [0.15, 0.2) is 24.3 Å². The van der Waals surface area contributed by atoms with Gasteiger partial charge in [0.1, 0.15) is 0 Å². The van der Waals surface area contributed by atoms with Crippen molar-refractivity contribution in [3.05, 3.63) is 35.4 Å². The van der Waals surface area contributed by atoms with E-state index in [0.717, 1.165) is 5.56 Å². The SMILES string of the molecule is Cc1cccc(C(=O)NCC(=O)N2CC[C@@H](O)C2)c1. The Balaban J connectivity index is 1.85. The maximum atomic E-state index is 11.8. The summed E-state index contributed by atoms with van der Waals surface area (Å²) in [5.74, 6) is -0.408. The van der Waals surface area contributed by atoms with Crippen LogP contribution in [-0.2, 0) is 4.79 Å². The van der Waals surface area contributed by atoms with Gasteiger partial charge in [-0.25, -0.2) is 0 Å². The maximum absolute atomic E-state index is 11.8. The summed E-state index contributed by atoms with van der Waals surface area (Å²) in [7, 11) is 0. The fourth-order valence-electron chi connectivity index (χ4n) is 2.12. The first-order chi connectivity index (χ1) is 9.06. The number of benzene rings is 1. The highest BCUT2D eigenvalue weighted by Gasteiger charge is 2.24. The summed E-state index contributed by atoms with van der Waals surface area (Å²) in [6, 6.07) is 7.21. The minimum Gasteiger partial charge on any atom is -0.391 e. The van der Waals surface area contributed by atoms with Gasteiger partial charge < -0.3 is 15.3 Å². The lowest BCUT2D eigenvalue weighted by atomic mass is 10.1. The number of aryl methyl sites for hydroxylation is 1. The Hall–Kier alpha value is -1.88. The van der Waals surface area contributed by atoms with Crippen molar-refractivity contribution in [3.8, 4) is 0 Å². The highest BCUT2D eigenvalue weighted by Crippen LogP contribution is 2.08. The number of aliphatic hydroxyl groups is 1. The van der Waals surface area contributed by atoms with Gasteiger partial charge in [-0.1, -0.05) is 17.7 Å². The first-order valence-electron chi connectivity index (χ1n) is 6.37. The van der Waals surface area contributed by atoms with Crippen molar-refractivity contribution in [2.24, 2.45) is 0 Å². The predicted octanol–water partition coefficient (Wildman–Crippen LogP) is 0.318. The second-order valence-electron chi connectivity index (χ2n) is 4.83. The molecule has 5 heteroatoms. The lowest BCUT2D eigenvalue weighted by Gasteiger charge is -2.15. The van der Waals surface area contributed by atoms with Crippen LogP contribution in [0.3, 0.4) is 0 Å². The summed E-state index contributed by atoms with van der Waals surface area (Å²) in [4.78, 5) is 25.2. The Morgan fingerprint density at radius 1 is 1.47 bits per heavy atom. The Morgan fingerprint density at radius 2 is 2.26 bits per heavy atom. The number of likely N-dealkylation sites (tertiary alicyclic amines) is 1. The van der Waals surface area contributed by atoms with Crippen molar-refractivity contribution >= 4 is 11.8 Å². The molecule has 19 heavy (non-hydrogen) atoms. The van der Waals surface area contributed by atoms with Crippen molar-refractivity contribution in [1.29, 1.82) is 0 Å². The number of nitrogens with one attached hydrogen (secondary N) is 1. The van der Waals surface area contributed by atoms with Crippen molar-refractivity contribution in [1.82, 2.24) is 10.2 Å². The average Bonchev–Trinajstić information content (AvgIpc) is 2.82. The molecular formula is C14H18N2O3. The van der Waals surface area contributed by atoms with Gasteiger partial charge in [0.2, 0.25) is 5.91 Å². The van der Waals surface area contributed by atoms with Gasteiger partial charge in [0.15, 0.2) is 0 Å². The Morgan fingerprint density at radius 3 is 2.89 bits per heavy atom. The third-order valence-electron chi connectivity index (χ3n) is 3.20. The molecule has 1 saturated heterocycles. The van der Waals surface area contributed by atoms with E-state index in [1.807, 2.05) is 19.1 Å². The predicted molar refractivity (Wildman–Crippen MR) is 70.7 cm³/mol. The van der Waals surface area contributed by atoms with Gasteiger partial charge in [0, 0.05) is 18.7 Å². The van der Waals surface area contributed by atoms with E-state index in [1.54, 1.807) is 17.0 Å². The van der Waals surface area contributed by atoms with Gasteiger partial charge in [-0.2, -0.15) is 0 Å². The molecule has 1 aliphatic heterocycles. The number of rotatable bonds is 3. The molecule has 102 valence electrons. The summed E-state index contributed by atoms with van der Waals surface area (Å²) >= 11 is 0. The molecule has 1 fully saturated rings. The van der Waals surface area contributed by atoms with Crippen LogP contribution < -0.4 is 5.32 Å². The third kappa shape index (κ3) is 3.54. The molecule has 2 rings (SSSR count). The van der Waals surface area contributed by atoms with Crippen LogP contribution in [0.2, 0.25) is 0 Å². The van der Waals surface area contributed by atoms with Gasteiger partial charge >= 0.3 is 0 Å². The molecule has 0 bridgehead atoms. The normalized spacial score (nSPS) is 18.4. The number of hydrogen-bond acceptors (Lipinski definition) is 3. The van der Waals surface area contributed by atoms with Crippen LogP contribution >= 0.6 is 0 Å². The fourth-order valence-corrected chi connectivity index (χ4v) is 2.12. The van der Waals surface area contributed by atoms with E-state index < -0.39 is 6.10 Å². The number of aliphatic hydroxyl groups excluding tert-OH is 1. The fraction of sp³-hybridized carbons (Fsp3) is 0.429. The molecule has 0 unspecified atom stereocenters. The number of carbonyl (C=O) groups is 2. The van der Waals surface area contributed by atoms with Gasteiger partial charge in [-0.05, 0) is 25.5 Å². The number of nitrogens with zero attached hydrogens (tertiary/aromatic N) is 1. The van der Waals surface area contributed by atoms with Gasteiger partial charge in [-0.3, -0.25) is 9.59 Å². The highest BCUT2D eigenvalue weighted by molar-refractivity contribution is 5.96. The van der Waals surface area contributed by atoms with E-state index >= 15 is 0 Å². The Labute approximate surface area is 112 Å². The molecule has 1 aliphatic rings. The van der Waals surface area contributed by atoms with E-state index in [-0.39, 0.29) is 18.4 Å². The summed E-state index contributed by atoms with van der Waals surface area (Å²) in [5, 5.41) is 12.0. The second-order valence-corrected chi connectivity index (χ2v) is 4.83. The highest BCUT2D eigenvalue weighted by atomic mass is 16.3. The average molecular weight is 262 g/mol. The summed E-state index contributed by atoms with van der Waals surface area (Å²) in [6.07, 6.45) is 0.175. The molecule has 1 atom stereocenters. The molecule has 0 saturated carbocycles. The van der Waals surface area contributed by atoms with Gasteiger partial charge in [-0.15, -0.1) is 0 Å². The summed E-state index contributed by atoms with van der Waals surface area (Å²) < 4.78 is 0. The summed E-state index contributed by atoms with van der Waals surface area (Å²) in [5.41, 5.74) is 1.55. The summed E-state index contributed by atoms with van der Waals surface area (Å²) in [6.45, 7) is 2.80. The standard InChI is InChI=1S/C14H18N2O3/c1-10-3-2-4-11(7-10)14(19)15-8-13(18)16-6-5-12(17)9-16/h2-4,7,12,17H,5-6,8-9H2,1H3,(H,15,19)/t12-/m1/s1. The number of β-amino-alcohol motifs (C(OH)–C–C–N with tert-alkyl or cyclic N) is 1. The Bertz CT molecular complexity index is 487. The lowest BCUT2D eigenvalue weighted by Crippen LogP contribution is -2.39. The number of carbonyl (C=O) groups excluding carboxylic acids is 2. The van der Waals surface area contributed by atoms with Crippen molar-refractivity contribution in [3.63, 3.8) is 0 Å². The van der Waals surface area contributed by atoms with Crippen LogP contribution in [-0.4, -0.2) is 47.6 Å². The van der Waals surface area contributed by atoms with Crippen LogP contribution in [0.1, 0.15) is 22.3 Å². The van der Waals surface area contributed by atoms with Gasteiger partial charge in [0.25, 0.3) is 5.91 Å². The monoisotopic (exact) mass is 262 g/mol. The van der Waals surface area contributed by atoms with Crippen molar-refractivity contribution in [2.45, 2.75) is 19.4 Å². The quantitative estimate of drug-likeness (QED) is 0.824. The molecule has 1 heterocycles. The Kier molecular flexibility index (Phi) is 4.16. The van der Waals surface area contributed by atoms with E-state index in [2.05, 4.69) is 5.32 Å². The smallest absolute Gasteiger partial charge is 0.251 e. The van der Waals surface area contributed by atoms with Crippen LogP contribution in [0.5, 0.6) is 0 Å². The second kappa shape index (κ2) is 5.84. The van der Waals surface area contributed by atoms with Crippen LogP contribution in [0.4, 0.5) is 0 Å². The minimum absolute atomic E-state index is 0.0283. The van der Waals surface area contributed by atoms with E-state index in [9.17, 15) is 14.7 Å². The molecule has 2 amide bonds. The van der Waals surface area contributed by atoms with Crippen molar-refractivity contribution < 1.29 is 14.7 Å². The zero-order chi connectivity index (χ0) is 13.8. The third-order valence-corrected chi connectivity index (χ3v) is 3.20. The first-order valence-corrected chi connectivity index (χ1v) is 6.37. The molecular weight excluding hydrogens is 244 g/mol. The number of hydrogen-bond donors (Lipinski definition) is 2. The van der Waals surface area contributed by atoms with E-state index in [1.165, 1.54) is 0 Å². The van der Waals surface area contributed by atoms with Crippen LogP contribution in [0.25, 0.3) is 0 Å². The maximum Gasteiger partial charge on any atom is 0.251 e. The lowest BCUT2D eigenvalue weighted by molar-refractivity contribution is -0.129. The minimum atomic E-state index is -0.434. The molecule has 0 radical (unpaired) electrons. The molecule has 0 aromatic heterocycles. The van der Waals surface area contributed by atoms with Gasteiger partial charge in [0.05, 0.1) is 12.6 Å². The molecule has 0 aliphatic carbocycles. The molecule has 2 N–H and O–H groups in total. The van der Waals surface area contributed by atoms with Crippen molar-refractivity contribution in [2.75, 3.05) is 19.6 Å². The molecule has 1 aromatic rings. The van der Waals surface area contributed by atoms with E-state index in [4.69, 9.17) is 0 Å². The first kappa shape index (κ1) is 13.5. The zero-order valence-electron chi connectivity index (χ0n) is 10.9. The largest absolute Gasteiger partial charge is 0.391 e. The van der Waals surface area contributed by atoms with E-state index in [0.29, 0.717) is 25.1 Å². The topological polar surface area (TPSA) is 69.6 Å². The number of amides is 2.